The van der Waals surface area contributed by atoms with Gasteiger partial charge in [-0.2, -0.15) is 5.10 Å². The third-order valence-electron chi connectivity index (χ3n) is 4.27. The fourth-order valence-corrected chi connectivity index (χ4v) is 3.65. The summed E-state index contributed by atoms with van der Waals surface area (Å²) >= 11 is 6.09. The van der Waals surface area contributed by atoms with Gasteiger partial charge in [0.05, 0.1) is 21.4 Å². The van der Waals surface area contributed by atoms with Crippen molar-refractivity contribution in [2.24, 2.45) is 0 Å². The number of aromatic hydroxyl groups is 1. The van der Waals surface area contributed by atoms with E-state index in [0.29, 0.717) is 10.8 Å². The monoisotopic (exact) mass is 449 g/mol. The molecule has 0 aliphatic rings. The number of benzene rings is 2. The van der Waals surface area contributed by atoms with Crippen LogP contribution in [0.15, 0.2) is 53.6 Å². The Balaban J connectivity index is 1.71. The van der Waals surface area contributed by atoms with Crippen molar-refractivity contribution in [3.05, 3.63) is 64.9 Å². The molecule has 0 atom stereocenters. The smallest absolute Gasteiger partial charge is 0.276 e. The molecule has 10 heteroatoms. The van der Waals surface area contributed by atoms with Crippen molar-refractivity contribution >= 4 is 33.0 Å². The second-order valence-electron chi connectivity index (χ2n) is 6.48. The topological polar surface area (TPSA) is 111 Å². The van der Waals surface area contributed by atoms with E-state index >= 15 is 0 Å². The number of aryl methyl sites for hydroxylation is 1. The number of hydrogen-bond donors (Lipinski definition) is 2. The maximum atomic E-state index is 12.5. The molecule has 0 radical (unpaired) electrons. The van der Waals surface area contributed by atoms with E-state index in [0.717, 1.165) is 5.56 Å². The van der Waals surface area contributed by atoms with E-state index in [1.165, 1.54) is 35.9 Å². The Labute approximate surface area is 179 Å². The van der Waals surface area contributed by atoms with Crippen LogP contribution in [0.5, 0.6) is 11.5 Å². The summed E-state index contributed by atoms with van der Waals surface area (Å²) < 4.78 is 31.1. The molecule has 0 bridgehead atoms. The predicted molar refractivity (Wildman–Crippen MR) is 113 cm³/mol. The molecule has 1 aromatic heterocycles. The minimum atomic E-state index is -3.48. The molecule has 2 N–H and O–H groups in total. The zero-order valence-corrected chi connectivity index (χ0v) is 17.9. The molecule has 0 aliphatic carbocycles. The van der Waals surface area contributed by atoms with Crippen LogP contribution in [0.4, 0.5) is 5.69 Å². The minimum absolute atomic E-state index is 0.00654. The molecule has 3 aromatic rings. The first-order valence-electron chi connectivity index (χ1n) is 8.99. The van der Waals surface area contributed by atoms with Gasteiger partial charge >= 0.3 is 0 Å². The number of phenols is 1. The van der Waals surface area contributed by atoms with E-state index in [1.807, 2.05) is 13.0 Å². The van der Waals surface area contributed by atoms with E-state index in [-0.39, 0.29) is 34.5 Å². The Morgan fingerprint density at radius 1 is 1.23 bits per heavy atom. The first-order chi connectivity index (χ1) is 14.2. The SMILES string of the molecule is CCS(=O)(=O)c1ccc(O)c(NC(=O)c2ccn(COc3cc(C)ccc3Cl)n2)c1. The van der Waals surface area contributed by atoms with Gasteiger partial charge in [0.2, 0.25) is 0 Å². The van der Waals surface area contributed by atoms with Gasteiger partial charge in [0.25, 0.3) is 5.91 Å². The summed E-state index contributed by atoms with van der Waals surface area (Å²) in [4.78, 5) is 12.5. The third kappa shape index (κ3) is 4.92. The number of ether oxygens (including phenoxy) is 1. The average Bonchev–Trinajstić information content (AvgIpc) is 3.19. The largest absolute Gasteiger partial charge is 0.506 e. The van der Waals surface area contributed by atoms with Crippen LogP contribution in [-0.4, -0.2) is 35.0 Å². The van der Waals surface area contributed by atoms with Gasteiger partial charge in [0.1, 0.15) is 11.5 Å². The van der Waals surface area contributed by atoms with Crippen molar-refractivity contribution < 1.29 is 23.1 Å². The highest BCUT2D eigenvalue weighted by molar-refractivity contribution is 7.91. The third-order valence-corrected chi connectivity index (χ3v) is 6.31. The maximum Gasteiger partial charge on any atom is 0.276 e. The molecule has 30 heavy (non-hydrogen) atoms. The number of carbonyl (C=O) groups excluding carboxylic acids is 1. The summed E-state index contributed by atoms with van der Waals surface area (Å²) in [6, 6.07) is 10.6. The fraction of sp³-hybridized carbons (Fsp3) is 0.200. The van der Waals surface area contributed by atoms with Gasteiger partial charge < -0.3 is 15.2 Å². The first kappa shape index (κ1) is 21.7. The van der Waals surface area contributed by atoms with Crippen LogP contribution in [-0.2, 0) is 16.6 Å². The number of halogens is 1. The van der Waals surface area contributed by atoms with Crippen molar-refractivity contribution in [2.75, 3.05) is 11.1 Å². The molecular weight excluding hydrogens is 430 g/mol. The predicted octanol–water partition coefficient (Wildman–Crippen LogP) is 3.63. The van der Waals surface area contributed by atoms with Gasteiger partial charge in [-0.3, -0.25) is 4.79 Å². The van der Waals surface area contributed by atoms with Crippen LogP contribution in [0.1, 0.15) is 23.0 Å². The number of rotatable bonds is 7. The maximum absolute atomic E-state index is 12.5. The van der Waals surface area contributed by atoms with Crippen molar-refractivity contribution in [3.63, 3.8) is 0 Å². The van der Waals surface area contributed by atoms with Gasteiger partial charge in [-0.15, -0.1) is 0 Å². The molecule has 158 valence electrons. The highest BCUT2D eigenvalue weighted by atomic mass is 35.5. The Hall–Kier alpha value is -3.04. The molecule has 1 amide bonds. The highest BCUT2D eigenvalue weighted by Crippen LogP contribution is 2.28. The molecule has 0 fully saturated rings. The number of carbonyl (C=O) groups is 1. The van der Waals surface area contributed by atoms with Crippen LogP contribution in [0.2, 0.25) is 5.02 Å². The number of anilines is 1. The number of nitrogens with zero attached hydrogens (tertiary/aromatic N) is 2. The summed E-state index contributed by atoms with van der Waals surface area (Å²) in [5.74, 6) is -0.462. The van der Waals surface area contributed by atoms with Crippen molar-refractivity contribution in [1.82, 2.24) is 9.78 Å². The summed E-state index contributed by atoms with van der Waals surface area (Å²) in [6.45, 7) is 3.46. The highest BCUT2D eigenvalue weighted by Gasteiger charge is 2.17. The lowest BCUT2D eigenvalue weighted by molar-refractivity contribution is 0.101. The second-order valence-corrected chi connectivity index (χ2v) is 9.17. The molecule has 1 heterocycles. The van der Waals surface area contributed by atoms with Crippen LogP contribution < -0.4 is 10.1 Å². The summed E-state index contributed by atoms with van der Waals surface area (Å²) in [6.07, 6.45) is 1.55. The Bertz CT molecular complexity index is 1190. The van der Waals surface area contributed by atoms with Crippen LogP contribution in [0.25, 0.3) is 0 Å². The van der Waals surface area contributed by atoms with Crippen LogP contribution >= 0.6 is 11.6 Å². The van der Waals surface area contributed by atoms with Crippen molar-refractivity contribution in [3.8, 4) is 11.5 Å². The zero-order chi connectivity index (χ0) is 21.9. The van der Waals surface area contributed by atoms with Gasteiger partial charge in [-0.05, 0) is 48.9 Å². The number of phenolic OH excluding ortho intramolecular Hbond substituents is 1. The number of sulfone groups is 1. The molecule has 3 rings (SSSR count). The fourth-order valence-electron chi connectivity index (χ4n) is 2.57. The Morgan fingerprint density at radius 2 is 2.00 bits per heavy atom. The molecule has 0 aliphatic heterocycles. The normalized spacial score (nSPS) is 11.3. The number of hydrogen-bond acceptors (Lipinski definition) is 6. The van der Waals surface area contributed by atoms with Gasteiger partial charge in [-0.1, -0.05) is 24.6 Å². The van der Waals surface area contributed by atoms with Crippen molar-refractivity contribution in [1.29, 1.82) is 0 Å². The van der Waals surface area contributed by atoms with Crippen molar-refractivity contribution in [2.45, 2.75) is 25.5 Å². The molecule has 0 spiro atoms. The molecule has 8 nitrogen and oxygen atoms in total. The number of amides is 1. The van der Waals surface area contributed by atoms with Gasteiger partial charge in [0.15, 0.2) is 22.3 Å². The molecule has 0 saturated heterocycles. The standard InChI is InChI=1S/C20H20ClN3O5S/c1-3-30(27,28)14-5-7-18(25)17(11-14)22-20(26)16-8-9-24(23-16)12-29-19-10-13(2)4-6-15(19)21/h4-11,25H,3,12H2,1-2H3,(H,22,26). The summed E-state index contributed by atoms with van der Waals surface area (Å²) in [5.41, 5.74) is 1.03. The quantitative estimate of drug-likeness (QED) is 0.533. The number of nitrogens with one attached hydrogen (secondary N) is 1. The van der Waals surface area contributed by atoms with Gasteiger partial charge in [-0.25, -0.2) is 13.1 Å². The molecule has 2 aromatic carbocycles. The van der Waals surface area contributed by atoms with Crippen LogP contribution in [0, 0.1) is 6.92 Å². The number of aromatic nitrogens is 2. The van der Waals surface area contributed by atoms with E-state index < -0.39 is 15.7 Å². The molecular formula is C20H20ClN3O5S. The van der Waals surface area contributed by atoms with Crippen LogP contribution in [0.3, 0.4) is 0 Å². The summed E-state index contributed by atoms with van der Waals surface area (Å²) in [7, 11) is -3.48. The van der Waals surface area contributed by atoms with E-state index in [1.54, 1.807) is 18.3 Å². The molecule has 0 saturated carbocycles. The van der Waals surface area contributed by atoms with E-state index in [9.17, 15) is 18.3 Å². The second kappa shape index (κ2) is 8.76. The van der Waals surface area contributed by atoms with Gasteiger partial charge in [0, 0.05) is 6.20 Å². The minimum Gasteiger partial charge on any atom is -0.506 e. The first-order valence-corrected chi connectivity index (χ1v) is 11.0. The zero-order valence-electron chi connectivity index (χ0n) is 16.3. The lowest BCUT2D eigenvalue weighted by atomic mass is 10.2. The average molecular weight is 450 g/mol. The van der Waals surface area contributed by atoms with E-state index in [2.05, 4.69) is 10.4 Å². The Kier molecular flexibility index (Phi) is 6.33. The lowest BCUT2D eigenvalue weighted by Gasteiger charge is -2.09. The summed E-state index contributed by atoms with van der Waals surface area (Å²) in [5, 5.41) is 17.0. The molecule has 0 unspecified atom stereocenters. The lowest BCUT2D eigenvalue weighted by Crippen LogP contribution is -2.15. The Morgan fingerprint density at radius 3 is 2.73 bits per heavy atom. The van der Waals surface area contributed by atoms with E-state index in [4.69, 9.17) is 16.3 Å².